The van der Waals surface area contributed by atoms with Crippen molar-refractivity contribution in [2.45, 2.75) is 44.0 Å². The van der Waals surface area contributed by atoms with Crippen LogP contribution in [0.1, 0.15) is 32.6 Å². The largest absolute Gasteiger partial charge is 0.368 e. The molecule has 0 saturated carbocycles. The lowest BCUT2D eigenvalue weighted by Crippen LogP contribution is -2.52. The first-order valence-corrected chi connectivity index (χ1v) is 6.28. The molecule has 1 fully saturated rings. The normalized spacial score (nSPS) is 23.0. The fraction of sp³-hybridized carbons (Fsp3) is 0.818. The van der Waals surface area contributed by atoms with E-state index in [0.717, 1.165) is 0 Å². The van der Waals surface area contributed by atoms with E-state index >= 15 is 0 Å². The average Bonchev–Trinajstić information content (AvgIpc) is 2.21. The molecule has 0 spiro atoms. The highest BCUT2D eigenvalue weighted by Gasteiger charge is 2.37. The summed E-state index contributed by atoms with van der Waals surface area (Å²) in [6.45, 7) is 1.84. The first-order valence-electron chi connectivity index (χ1n) is 5.90. The summed E-state index contributed by atoms with van der Waals surface area (Å²) in [6.07, 6.45) is 0.410. The fourth-order valence-corrected chi connectivity index (χ4v) is 2.53. The summed E-state index contributed by atoms with van der Waals surface area (Å²) in [5, 5.41) is -3.27. The second-order valence-electron chi connectivity index (χ2n) is 4.60. The lowest BCUT2D eigenvalue weighted by Gasteiger charge is -2.37. The number of rotatable bonds is 5. The molecule has 1 rings (SSSR count). The Hall–Kier alpha value is -0.910. The minimum atomic E-state index is -3.27. The molecule has 2 atom stereocenters. The summed E-state index contributed by atoms with van der Waals surface area (Å²) in [5.41, 5.74) is 5.21. The van der Waals surface area contributed by atoms with Gasteiger partial charge in [-0.15, -0.1) is 0 Å². The number of alkyl halides is 3. The summed E-state index contributed by atoms with van der Waals surface area (Å²) in [6, 6.07) is -0.718. The van der Waals surface area contributed by atoms with Crippen LogP contribution in [-0.4, -0.2) is 34.7 Å². The van der Waals surface area contributed by atoms with Crippen LogP contribution in [0.25, 0.3) is 0 Å². The lowest BCUT2D eigenvalue weighted by atomic mass is 9.92. The molecule has 2 unspecified atom stereocenters. The lowest BCUT2D eigenvalue weighted by molar-refractivity contribution is -0.143. The molecular formula is C11H17ClF2N2O2. The molecule has 0 bridgehead atoms. The predicted molar refractivity (Wildman–Crippen MR) is 63.1 cm³/mol. The second kappa shape index (κ2) is 5.82. The van der Waals surface area contributed by atoms with Crippen molar-refractivity contribution in [1.29, 1.82) is 0 Å². The van der Waals surface area contributed by atoms with Gasteiger partial charge in [0.15, 0.2) is 0 Å². The quantitative estimate of drug-likeness (QED) is 0.780. The van der Waals surface area contributed by atoms with E-state index in [1.807, 2.05) is 0 Å². The Morgan fingerprint density at radius 1 is 1.67 bits per heavy atom. The Labute approximate surface area is 109 Å². The number of primary amides is 1. The van der Waals surface area contributed by atoms with Crippen molar-refractivity contribution in [3.05, 3.63) is 0 Å². The van der Waals surface area contributed by atoms with Crippen molar-refractivity contribution >= 4 is 23.4 Å². The molecule has 18 heavy (non-hydrogen) atoms. The molecule has 104 valence electrons. The average molecular weight is 283 g/mol. The van der Waals surface area contributed by atoms with Crippen molar-refractivity contribution in [1.82, 2.24) is 4.90 Å². The van der Waals surface area contributed by atoms with Gasteiger partial charge in [-0.2, -0.15) is 8.78 Å². The third kappa shape index (κ3) is 4.08. The summed E-state index contributed by atoms with van der Waals surface area (Å²) in [7, 11) is 0. The maximum atomic E-state index is 12.7. The topological polar surface area (TPSA) is 63.4 Å². The van der Waals surface area contributed by atoms with Gasteiger partial charge in [0.25, 0.3) is 0 Å². The maximum Gasteiger partial charge on any atom is 0.322 e. The molecule has 4 nitrogen and oxygen atoms in total. The monoisotopic (exact) mass is 282 g/mol. The number of nitrogens with two attached hydrogens (primary N) is 1. The van der Waals surface area contributed by atoms with Gasteiger partial charge in [-0.3, -0.25) is 9.59 Å². The molecule has 0 aliphatic carbocycles. The highest BCUT2D eigenvalue weighted by atomic mass is 35.5. The van der Waals surface area contributed by atoms with Crippen molar-refractivity contribution in [2.75, 3.05) is 6.54 Å². The Morgan fingerprint density at radius 2 is 2.28 bits per heavy atom. The predicted octanol–water partition coefficient (Wildman–Crippen LogP) is 1.71. The zero-order valence-corrected chi connectivity index (χ0v) is 10.9. The smallest absolute Gasteiger partial charge is 0.322 e. The SMILES string of the molecule is CCC(C(N)=O)N1CC(CC(F)(F)Cl)CCC1=O. The maximum absolute atomic E-state index is 12.7. The zero-order valence-electron chi connectivity index (χ0n) is 10.2. The first kappa shape index (κ1) is 15.1. The Kier molecular flexibility index (Phi) is 4.90. The van der Waals surface area contributed by atoms with Crippen LogP contribution < -0.4 is 5.73 Å². The number of piperidine rings is 1. The summed E-state index contributed by atoms with van der Waals surface area (Å²) in [5.74, 6) is -1.22. The van der Waals surface area contributed by atoms with Crippen molar-refractivity contribution < 1.29 is 18.4 Å². The molecule has 2 amide bonds. The van der Waals surface area contributed by atoms with Gasteiger partial charge in [-0.25, -0.2) is 0 Å². The van der Waals surface area contributed by atoms with Gasteiger partial charge >= 0.3 is 5.38 Å². The van der Waals surface area contributed by atoms with Gasteiger partial charge in [0.05, 0.1) is 0 Å². The molecule has 1 aliphatic rings. The molecule has 0 aromatic rings. The van der Waals surface area contributed by atoms with E-state index in [0.29, 0.717) is 12.8 Å². The van der Waals surface area contributed by atoms with E-state index in [1.165, 1.54) is 4.90 Å². The number of carbonyl (C=O) groups is 2. The number of amides is 2. The van der Waals surface area contributed by atoms with E-state index in [2.05, 4.69) is 0 Å². The third-order valence-corrected chi connectivity index (χ3v) is 3.31. The van der Waals surface area contributed by atoms with Crippen molar-refractivity contribution in [2.24, 2.45) is 11.7 Å². The van der Waals surface area contributed by atoms with Gasteiger partial charge in [0.2, 0.25) is 11.8 Å². The van der Waals surface area contributed by atoms with Crippen LogP contribution in [0.5, 0.6) is 0 Å². The van der Waals surface area contributed by atoms with Crippen LogP contribution in [0, 0.1) is 5.92 Å². The van der Waals surface area contributed by atoms with Crippen LogP contribution in [0.2, 0.25) is 0 Å². The van der Waals surface area contributed by atoms with Gasteiger partial charge in [0, 0.05) is 19.4 Å². The molecule has 0 radical (unpaired) electrons. The fourth-order valence-electron chi connectivity index (χ4n) is 2.31. The number of carbonyl (C=O) groups excluding carboxylic acids is 2. The molecular weight excluding hydrogens is 266 g/mol. The Balaban J connectivity index is 2.72. The highest BCUT2D eigenvalue weighted by Crippen LogP contribution is 2.33. The minimum absolute atomic E-state index is 0.114. The highest BCUT2D eigenvalue weighted by molar-refractivity contribution is 6.21. The van der Waals surface area contributed by atoms with Gasteiger partial charge < -0.3 is 10.6 Å². The minimum Gasteiger partial charge on any atom is -0.368 e. The van der Waals surface area contributed by atoms with Crippen LogP contribution in [0.3, 0.4) is 0 Å². The van der Waals surface area contributed by atoms with Gasteiger partial charge in [0.1, 0.15) is 6.04 Å². The van der Waals surface area contributed by atoms with E-state index in [1.54, 1.807) is 6.92 Å². The standard InChI is InChI=1S/C11H17ClF2N2O2/c1-2-8(10(15)18)16-6-7(3-4-9(16)17)5-11(12,13)14/h7-8H,2-6H2,1H3,(H2,15,18). The molecule has 7 heteroatoms. The van der Waals surface area contributed by atoms with Crippen LogP contribution >= 0.6 is 11.6 Å². The van der Waals surface area contributed by atoms with Crippen molar-refractivity contribution in [3.63, 3.8) is 0 Å². The zero-order chi connectivity index (χ0) is 13.9. The number of likely N-dealkylation sites (tertiary alicyclic amines) is 1. The second-order valence-corrected chi connectivity index (χ2v) is 5.15. The van der Waals surface area contributed by atoms with Crippen LogP contribution in [0.15, 0.2) is 0 Å². The Bertz CT molecular complexity index is 333. The van der Waals surface area contributed by atoms with Gasteiger partial charge in [-0.1, -0.05) is 6.92 Å². The number of hydrogen-bond donors (Lipinski definition) is 1. The first-order chi connectivity index (χ1) is 8.24. The molecule has 1 aliphatic heterocycles. The molecule has 2 N–H and O–H groups in total. The van der Waals surface area contributed by atoms with E-state index in [-0.39, 0.29) is 18.9 Å². The number of hydrogen-bond acceptors (Lipinski definition) is 2. The van der Waals surface area contributed by atoms with Crippen molar-refractivity contribution in [3.8, 4) is 0 Å². The van der Waals surface area contributed by atoms with E-state index < -0.39 is 29.7 Å². The van der Waals surface area contributed by atoms with Crippen LogP contribution in [-0.2, 0) is 9.59 Å². The number of nitrogens with zero attached hydrogens (tertiary/aromatic N) is 1. The Morgan fingerprint density at radius 3 is 2.72 bits per heavy atom. The summed E-state index contributed by atoms with van der Waals surface area (Å²) < 4.78 is 25.5. The van der Waals surface area contributed by atoms with E-state index in [4.69, 9.17) is 17.3 Å². The molecule has 0 aromatic heterocycles. The molecule has 1 heterocycles. The summed E-state index contributed by atoms with van der Waals surface area (Å²) in [4.78, 5) is 24.2. The van der Waals surface area contributed by atoms with Crippen LogP contribution in [0.4, 0.5) is 8.78 Å². The summed E-state index contributed by atoms with van der Waals surface area (Å²) >= 11 is 4.90. The number of halogens is 3. The van der Waals surface area contributed by atoms with E-state index in [9.17, 15) is 18.4 Å². The molecule has 1 saturated heterocycles. The third-order valence-electron chi connectivity index (χ3n) is 3.15. The van der Waals surface area contributed by atoms with Gasteiger partial charge in [-0.05, 0) is 30.4 Å². The molecule has 0 aromatic carbocycles.